The fourth-order valence-electron chi connectivity index (χ4n) is 1.80. The molecule has 0 aliphatic heterocycles. The Kier molecular flexibility index (Phi) is 10.7. The number of unbranched alkanes of at least 4 members (excludes halogenated alkanes) is 2. The highest BCUT2D eigenvalue weighted by atomic mass is 16.5. The molecule has 130 valence electrons. The van der Waals surface area contributed by atoms with Crippen molar-refractivity contribution in [2.75, 3.05) is 13.7 Å². The zero-order valence-corrected chi connectivity index (χ0v) is 13.1. The van der Waals surface area contributed by atoms with E-state index in [2.05, 4.69) is 10.1 Å². The van der Waals surface area contributed by atoms with E-state index in [1.165, 1.54) is 7.11 Å². The monoisotopic (exact) mass is 321 g/mol. The summed E-state index contributed by atoms with van der Waals surface area (Å²) >= 11 is 0. The second-order valence-electron chi connectivity index (χ2n) is 5.08. The van der Waals surface area contributed by atoms with E-state index in [0.717, 1.165) is 0 Å². The molecule has 0 aromatic rings. The number of carbonyl (C=O) groups is 2. The Bertz CT molecular complexity index is 337. The Labute approximate surface area is 130 Å². The SMILES string of the molecule is CC[C@@H](O)[C@H](O)[C@@H](O)[C@H](O)C(=O)NCCCCCC(=O)OC. The van der Waals surface area contributed by atoms with Gasteiger partial charge in [-0.1, -0.05) is 13.3 Å². The van der Waals surface area contributed by atoms with Crippen LogP contribution in [0.2, 0.25) is 0 Å². The van der Waals surface area contributed by atoms with Crippen LogP contribution >= 0.6 is 0 Å². The number of rotatable bonds is 11. The maximum absolute atomic E-state index is 11.6. The van der Waals surface area contributed by atoms with Crippen molar-refractivity contribution >= 4 is 11.9 Å². The van der Waals surface area contributed by atoms with Gasteiger partial charge in [0, 0.05) is 13.0 Å². The third-order valence-corrected chi connectivity index (χ3v) is 3.34. The molecule has 8 heteroatoms. The molecule has 0 aliphatic rings. The zero-order chi connectivity index (χ0) is 17.1. The average molecular weight is 321 g/mol. The van der Waals surface area contributed by atoms with Crippen LogP contribution in [0.3, 0.4) is 0 Å². The lowest BCUT2D eigenvalue weighted by Gasteiger charge is -2.25. The Morgan fingerprint density at radius 2 is 1.68 bits per heavy atom. The summed E-state index contributed by atoms with van der Waals surface area (Å²) < 4.78 is 4.49. The van der Waals surface area contributed by atoms with Crippen molar-refractivity contribution in [1.29, 1.82) is 0 Å². The molecular weight excluding hydrogens is 294 g/mol. The molecule has 0 aromatic heterocycles. The summed E-state index contributed by atoms with van der Waals surface area (Å²) in [4.78, 5) is 22.5. The predicted octanol–water partition coefficient (Wildman–Crippen LogP) is -1.31. The maximum Gasteiger partial charge on any atom is 0.305 e. The number of amides is 1. The number of hydrogen-bond donors (Lipinski definition) is 5. The number of aliphatic hydroxyl groups excluding tert-OH is 4. The van der Waals surface area contributed by atoms with E-state index in [1.807, 2.05) is 0 Å². The van der Waals surface area contributed by atoms with E-state index >= 15 is 0 Å². The van der Waals surface area contributed by atoms with Crippen LogP contribution in [-0.4, -0.2) is 70.4 Å². The molecule has 0 spiro atoms. The van der Waals surface area contributed by atoms with Crippen molar-refractivity contribution in [2.24, 2.45) is 0 Å². The molecule has 0 aromatic carbocycles. The smallest absolute Gasteiger partial charge is 0.305 e. The van der Waals surface area contributed by atoms with E-state index in [1.54, 1.807) is 6.92 Å². The lowest BCUT2D eigenvalue weighted by Crippen LogP contribution is -2.50. The zero-order valence-electron chi connectivity index (χ0n) is 13.1. The van der Waals surface area contributed by atoms with Crippen LogP contribution in [0.4, 0.5) is 0 Å². The predicted molar refractivity (Wildman–Crippen MR) is 77.8 cm³/mol. The fourth-order valence-corrected chi connectivity index (χ4v) is 1.80. The lowest BCUT2D eigenvalue weighted by molar-refractivity contribution is -0.147. The molecule has 0 aliphatic carbocycles. The largest absolute Gasteiger partial charge is 0.469 e. The van der Waals surface area contributed by atoms with Gasteiger partial charge in [0.2, 0.25) is 0 Å². The highest BCUT2D eigenvalue weighted by Gasteiger charge is 2.33. The van der Waals surface area contributed by atoms with Crippen LogP contribution in [0.15, 0.2) is 0 Å². The molecule has 0 heterocycles. The number of nitrogens with one attached hydrogen (secondary N) is 1. The first-order valence-corrected chi connectivity index (χ1v) is 7.41. The Morgan fingerprint density at radius 3 is 2.23 bits per heavy atom. The van der Waals surface area contributed by atoms with E-state index in [0.29, 0.717) is 25.7 Å². The number of aliphatic hydroxyl groups is 4. The first-order chi connectivity index (χ1) is 10.3. The standard InChI is InChI=1S/C14H27NO7/c1-3-9(16)11(18)12(19)13(20)14(21)15-8-6-4-5-7-10(17)22-2/h9,11-13,16,18-20H,3-8H2,1-2H3,(H,15,21)/t9-,11+,12-,13+/m1/s1. The highest BCUT2D eigenvalue weighted by Crippen LogP contribution is 2.08. The molecule has 1 amide bonds. The number of ether oxygens (including phenoxy) is 1. The molecule has 0 rings (SSSR count). The van der Waals surface area contributed by atoms with Gasteiger partial charge in [0.1, 0.15) is 12.2 Å². The van der Waals surface area contributed by atoms with Gasteiger partial charge >= 0.3 is 5.97 Å². The number of hydrogen-bond acceptors (Lipinski definition) is 7. The molecule has 0 radical (unpaired) electrons. The first-order valence-electron chi connectivity index (χ1n) is 7.41. The maximum atomic E-state index is 11.6. The molecular formula is C14H27NO7. The molecule has 0 fully saturated rings. The summed E-state index contributed by atoms with van der Waals surface area (Å²) in [6, 6.07) is 0. The number of carbonyl (C=O) groups excluding carboxylic acids is 2. The van der Waals surface area contributed by atoms with Crippen LogP contribution in [0.25, 0.3) is 0 Å². The van der Waals surface area contributed by atoms with Crippen LogP contribution in [0, 0.1) is 0 Å². The quantitative estimate of drug-likeness (QED) is 0.235. The van der Waals surface area contributed by atoms with Crippen molar-refractivity contribution in [3.8, 4) is 0 Å². The van der Waals surface area contributed by atoms with Gasteiger partial charge in [0.15, 0.2) is 6.10 Å². The van der Waals surface area contributed by atoms with E-state index in [4.69, 9.17) is 0 Å². The van der Waals surface area contributed by atoms with Crippen molar-refractivity contribution in [3.05, 3.63) is 0 Å². The van der Waals surface area contributed by atoms with Gasteiger partial charge in [-0.2, -0.15) is 0 Å². The van der Waals surface area contributed by atoms with Gasteiger partial charge in [0.05, 0.1) is 13.2 Å². The lowest BCUT2D eigenvalue weighted by atomic mass is 10.0. The van der Waals surface area contributed by atoms with Gasteiger partial charge in [-0.05, 0) is 19.3 Å². The van der Waals surface area contributed by atoms with Crippen LogP contribution in [-0.2, 0) is 14.3 Å². The Hall–Kier alpha value is -1.22. The van der Waals surface area contributed by atoms with E-state index in [-0.39, 0.29) is 18.9 Å². The van der Waals surface area contributed by atoms with Gasteiger partial charge in [0.25, 0.3) is 5.91 Å². The van der Waals surface area contributed by atoms with Gasteiger partial charge < -0.3 is 30.5 Å². The first kappa shape index (κ1) is 20.8. The summed E-state index contributed by atoms with van der Waals surface area (Å²) in [7, 11) is 1.32. The molecule has 0 unspecified atom stereocenters. The summed E-state index contributed by atoms with van der Waals surface area (Å²) in [5.41, 5.74) is 0. The van der Waals surface area contributed by atoms with Crippen molar-refractivity contribution in [3.63, 3.8) is 0 Å². The van der Waals surface area contributed by atoms with Crippen LogP contribution in [0.1, 0.15) is 39.0 Å². The Morgan fingerprint density at radius 1 is 1.05 bits per heavy atom. The summed E-state index contributed by atoms with van der Waals surface area (Å²) in [5, 5.41) is 40.6. The molecule has 0 bridgehead atoms. The normalized spacial score (nSPS) is 16.5. The van der Waals surface area contributed by atoms with Crippen molar-refractivity contribution < 1.29 is 34.8 Å². The van der Waals surface area contributed by atoms with Gasteiger partial charge in [-0.3, -0.25) is 9.59 Å². The van der Waals surface area contributed by atoms with Crippen LogP contribution in [0.5, 0.6) is 0 Å². The van der Waals surface area contributed by atoms with Crippen molar-refractivity contribution in [1.82, 2.24) is 5.32 Å². The number of methoxy groups -OCH3 is 1. The van der Waals surface area contributed by atoms with Gasteiger partial charge in [-0.25, -0.2) is 0 Å². The Balaban J connectivity index is 3.93. The molecule has 22 heavy (non-hydrogen) atoms. The minimum absolute atomic E-state index is 0.187. The van der Waals surface area contributed by atoms with E-state index in [9.17, 15) is 30.0 Å². The second-order valence-corrected chi connectivity index (χ2v) is 5.08. The molecule has 5 N–H and O–H groups in total. The van der Waals surface area contributed by atoms with Crippen LogP contribution < -0.4 is 5.32 Å². The average Bonchev–Trinajstić information content (AvgIpc) is 2.54. The van der Waals surface area contributed by atoms with Crippen molar-refractivity contribution in [2.45, 2.75) is 63.4 Å². The topological polar surface area (TPSA) is 136 Å². The molecule has 4 atom stereocenters. The minimum atomic E-state index is -1.81. The summed E-state index contributed by atoms with van der Waals surface area (Å²) in [6.07, 6.45) is -3.94. The molecule has 8 nitrogen and oxygen atoms in total. The summed E-state index contributed by atoms with van der Waals surface area (Å²) in [5.74, 6) is -1.10. The third kappa shape index (κ3) is 7.69. The van der Waals surface area contributed by atoms with E-state index < -0.39 is 30.3 Å². The minimum Gasteiger partial charge on any atom is -0.469 e. The fraction of sp³-hybridized carbons (Fsp3) is 0.857. The molecule has 0 saturated heterocycles. The highest BCUT2D eigenvalue weighted by molar-refractivity contribution is 5.81. The molecule has 0 saturated carbocycles. The second kappa shape index (κ2) is 11.4. The summed E-state index contributed by atoms with van der Waals surface area (Å²) in [6.45, 7) is 1.87. The van der Waals surface area contributed by atoms with Gasteiger partial charge in [-0.15, -0.1) is 0 Å². The number of esters is 1. The third-order valence-electron chi connectivity index (χ3n) is 3.34.